The number of anilines is 1. The number of nitrogens with zero attached hydrogens (tertiary/aromatic N) is 1. The molecule has 1 aromatic carbocycles. The lowest BCUT2D eigenvalue weighted by Crippen LogP contribution is -2.20. The van der Waals surface area contributed by atoms with Crippen LogP contribution in [-0.4, -0.2) is 42.0 Å². The lowest BCUT2D eigenvalue weighted by atomic mass is 10.2. The molecule has 0 spiro atoms. The molecule has 0 aliphatic carbocycles. The summed E-state index contributed by atoms with van der Waals surface area (Å²) in [4.78, 5) is 37.2. The van der Waals surface area contributed by atoms with Gasteiger partial charge in [-0.25, -0.2) is 9.59 Å². The lowest BCUT2D eigenvalue weighted by molar-refractivity contribution is -0.757. The SMILES string of the molecule is NC(=S)COC(=O)c1cc(N)ccc1OC(=O)OCCO[N+](=O)[O-]. The molecular formula is C12H13N3O8S. The highest BCUT2D eigenvalue weighted by Gasteiger charge is 2.18. The summed E-state index contributed by atoms with van der Waals surface area (Å²) in [5, 5.41) is 8.89. The van der Waals surface area contributed by atoms with Gasteiger partial charge in [0.1, 0.15) is 36.1 Å². The molecule has 0 unspecified atom stereocenters. The third kappa shape index (κ3) is 6.74. The summed E-state index contributed by atoms with van der Waals surface area (Å²) in [6, 6.07) is 3.85. The van der Waals surface area contributed by atoms with Crippen molar-refractivity contribution in [2.24, 2.45) is 5.73 Å². The van der Waals surface area contributed by atoms with Crippen molar-refractivity contribution in [3.05, 3.63) is 33.9 Å². The quantitative estimate of drug-likeness (QED) is 0.126. The van der Waals surface area contributed by atoms with E-state index in [4.69, 9.17) is 20.9 Å². The first-order valence-corrected chi connectivity index (χ1v) is 6.67. The van der Waals surface area contributed by atoms with Crippen molar-refractivity contribution >= 4 is 35.0 Å². The van der Waals surface area contributed by atoms with Crippen LogP contribution < -0.4 is 16.2 Å². The van der Waals surface area contributed by atoms with E-state index in [0.29, 0.717) is 0 Å². The Bertz CT molecular complexity index is 651. The fourth-order valence-electron chi connectivity index (χ4n) is 1.37. The van der Waals surface area contributed by atoms with Crippen molar-refractivity contribution in [2.75, 3.05) is 25.6 Å². The predicted octanol–water partition coefficient (Wildman–Crippen LogP) is 0.435. The molecule has 11 nitrogen and oxygen atoms in total. The van der Waals surface area contributed by atoms with Crippen molar-refractivity contribution in [2.45, 2.75) is 0 Å². The van der Waals surface area contributed by atoms with Crippen LogP contribution >= 0.6 is 12.2 Å². The normalized spacial score (nSPS) is 9.67. The van der Waals surface area contributed by atoms with Crippen molar-refractivity contribution in [1.82, 2.24) is 0 Å². The average Bonchev–Trinajstić information content (AvgIpc) is 2.50. The van der Waals surface area contributed by atoms with Gasteiger partial charge in [-0.05, 0) is 18.2 Å². The van der Waals surface area contributed by atoms with Gasteiger partial charge in [0.2, 0.25) is 0 Å². The van der Waals surface area contributed by atoms with Crippen LogP contribution in [0.5, 0.6) is 5.75 Å². The molecule has 4 N–H and O–H groups in total. The highest BCUT2D eigenvalue weighted by Crippen LogP contribution is 2.23. The number of benzene rings is 1. The van der Waals surface area contributed by atoms with Crippen molar-refractivity contribution < 1.29 is 33.7 Å². The van der Waals surface area contributed by atoms with E-state index >= 15 is 0 Å². The third-order valence-corrected chi connectivity index (χ3v) is 2.38. The van der Waals surface area contributed by atoms with Crippen LogP contribution in [0.4, 0.5) is 10.5 Å². The number of rotatable bonds is 8. The van der Waals surface area contributed by atoms with Crippen LogP contribution in [-0.2, 0) is 14.3 Å². The van der Waals surface area contributed by atoms with Gasteiger partial charge in [0, 0.05) is 5.69 Å². The second-order valence-electron chi connectivity index (χ2n) is 4.06. The Labute approximate surface area is 140 Å². The van der Waals surface area contributed by atoms with Crippen molar-refractivity contribution in [3.63, 3.8) is 0 Å². The highest BCUT2D eigenvalue weighted by atomic mass is 32.1. The Kier molecular flexibility index (Phi) is 7.16. The maximum absolute atomic E-state index is 11.9. The minimum absolute atomic E-state index is 0.0417. The first kappa shape index (κ1) is 18.9. The molecule has 0 aliphatic heterocycles. The molecule has 12 heteroatoms. The van der Waals surface area contributed by atoms with Gasteiger partial charge in [-0.1, -0.05) is 12.2 Å². The summed E-state index contributed by atoms with van der Waals surface area (Å²) in [5.74, 6) is -1.05. The molecule has 0 atom stereocenters. The van der Waals surface area contributed by atoms with Gasteiger partial charge < -0.3 is 30.5 Å². The largest absolute Gasteiger partial charge is 0.513 e. The maximum atomic E-state index is 11.9. The molecule has 0 bridgehead atoms. The Hall–Kier alpha value is -3.15. The van der Waals surface area contributed by atoms with Crippen LogP contribution in [0, 0.1) is 10.1 Å². The zero-order valence-electron chi connectivity index (χ0n) is 12.1. The Morgan fingerprint density at radius 2 is 1.96 bits per heavy atom. The molecule has 0 saturated heterocycles. The van der Waals surface area contributed by atoms with E-state index in [2.05, 4.69) is 21.8 Å². The van der Waals surface area contributed by atoms with Crippen LogP contribution in [0.3, 0.4) is 0 Å². The number of carbonyl (C=O) groups is 2. The molecule has 0 saturated carbocycles. The summed E-state index contributed by atoms with van der Waals surface area (Å²) in [6.07, 6.45) is -1.20. The topological polar surface area (TPSA) is 166 Å². The van der Waals surface area contributed by atoms with Gasteiger partial charge in [0.15, 0.2) is 0 Å². The number of nitrogen functional groups attached to an aromatic ring is 1. The van der Waals surface area contributed by atoms with E-state index in [0.717, 1.165) is 0 Å². The van der Waals surface area contributed by atoms with Gasteiger partial charge in [0.05, 0.1) is 0 Å². The smallest absolute Gasteiger partial charge is 0.455 e. The second kappa shape index (κ2) is 9.09. The molecular weight excluding hydrogens is 346 g/mol. The van der Waals surface area contributed by atoms with Crippen LogP contribution in [0.1, 0.15) is 10.4 Å². The number of thiocarbonyl (C=S) groups is 1. The second-order valence-corrected chi connectivity index (χ2v) is 4.58. The number of esters is 1. The van der Waals surface area contributed by atoms with E-state index < -0.39 is 30.4 Å². The van der Waals surface area contributed by atoms with Crippen LogP contribution in [0.15, 0.2) is 18.2 Å². The summed E-state index contributed by atoms with van der Waals surface area (Å²) < 4.78 is 14.2. The number of nitrogens with two attached hydrogens (primary N) is 2. The first-order valence-electron chi connectivity index (χ1n) is 6.26. The zero-order valence-corrected chi connectivity index (χ0v) is 12.9. The average molecular weight is 359 g/mol. The number of hydrogen-bond donors (Lipinski definition) is 2. The van der Waals surface area contributed by atoms with Gasteiger partial charge in [-0.3, -0.25) is 0 Å². The summed E-state index contributed by atoms with van der Waals surface area (Å²) in [6.45, 7) is -1.19. The maximum Gasteiger partial charge on any atom is 0.513 e. The number of hydrogen-bond acceptors (Lipinski definition) is 10. The zero-order chi connectivity index (χ0) is 18.1. The molecule has 24 heavy (non-hydrogen) atoms. The summed E-state index contributed by atoms with van der Waals surface area (Å²) in [7, 11) is 0. The standard InChI is InChI=1S/C12H13N3O8S/c13-7-1-2-9(8(5-7)11(16)21-6-10(14)24)23-12(17)20-3-4-22-15(18)19/h1-2,5H,3-4,6,13H2,(H2,14,24). The molecule has 0 aromatic heterocycles. The fourth-order valence-corrected chi connectivity index (χ4v) is 1.43. The number of carbonyl (C=O) groups excluding carboxylic acids is 2. The van der Waals surface area contributed by atoms with Gasteiger partial charge in [-0.2, -0.15) is 0 Å². The molecule has 0 amide bonds. The Balaban J connectivity index is 2.69. The molecule has 1 rings (SSSR count). The first-order chi connectivity index (χ1) is 11.3. The summed E-state index contributed by atoms with van der Waals surface area (Å²) in [5.41, 5.74) is 10.9. The lowest BCUT2D eigenvalue weighted by Gasteiger charge is -2.10. The van der Waals surface area contributed by atoms with Crippen LogP contribution in [0.2, 0.25) is 0 Å². The highest BCUT2D eigenvalue weighted by molar-refractivity contribution is 7.80. The molecule has 0 aliphatic rings. The van der Waals surface area contributed by atoms with E-state index in [1.54, 1.807) is 0 Å². The summed E-state index contributed by atoms with van der Waals surface area (Å²) >= 11 is 4.58. The van der Waals surface area contributed by atoms with Crippen molar-refractivity contribution in [1.29, 1.82) is 0 Å². The van der Waals surface area contributed by atoms with Gasteiger partial charge in [0.25, 0.3) is 5.09 Å². The minimum atomic E-state index is -1.20. The van der Waals surface area contributed by atoms with E-state index in [1.165, 1.54) is 18.2 Å². The molecule has 0 radical (unpaired) electrons. The monoisotopic (exact) mass is 359 g/mol. The third-order valence-electron chi connectivity index (χ3n) is 2.26. The van der Waals surface area contributed by atoms with E-state index in [1.807, 2.05) is 0 Å². The predicted molar refractivity (Wildman–Crippen MR) is 82.8 cm³/mol. The Morgan fingerprint density at radius 3 is 2.58 bits per heavy atom. The fraction of sp³-hybridized carbons (Fsp3) is 0.250. The minimum Gasteiger partial charge on any atom is -0.455 e. The van der Waals surface area contributed by atoms with E-state index in [9.17, 15) is 19.7 Å². The van der Waals surface area contributed by atoms with Crippen molar-refractivity contribution in [3.8, 4) is 5.75 Å². The Morgan fingerprint density at radius 1 is 1.25 bits per heavy atom. The molecule has 0 fully saturated rings. The van der Waals surface area contributed by atoms with Gasteiger partial charge in [-0.15, -0.1) is 10.1 Å². The van der Waals surface area contributed by atoms with Gasteiger partial charge >= 0.3 is 12.1 Å². The number of ether oxygens (including phenoxy) is 3. The van der Waals surface area contributed by atoms with E-state index in [-0.39, 0.29) is 28.6 Å². The molecule has 1 aromatic rings. The molecule has 0 heterocycles. The van der Waals surface area contributed by atoms with Crippen LogP contribution in [0.25, 0.3) is 0 Å². The molecule has 130 valence electrons.